The number of hydrogen-bond donors (Lipinski definition) is 1. The smallest absolute Gasteiger partial charge is 0.197 e. The predicted octanol–water partition coefficient (Wildman–Crippen LogP) is 2.99. The van der Waals surface area contributed by atoms with Crippen LogP contribution in [-0.4, -0.2) is 10.9 Å². The van der Waals surface area contributed by atoms with Crippen molar-refractivity contribution in [2.45, 2.75) is 23.7 Å². The quantitative estimate of drug-likeness (QED) is 0.829. The Kier molecular flexibility index (Phi) is 3.07. The van der Waals surface area contributed by atoms with E-state index in [-0.39, 0.29) is 0 Å². The van der Waals surface area contributed by atoms with E-state index in [1.807, 2.05) is 18.0 Å². The molecule has 1 radical (unpaired) electrons. The van der Waals surface area contributed by atoms with Crippen LogP contribution in [0.5, 0.6) is 0 Å². The summed E-state index contributed by atoms with van der Waals surface area (Å²) in [6, 6.07) is 8.70. The molecule has 0 amide bonds. The Morgan fingerprint density at radius 2 is 2.29 bits per heavy atom. The minimum atomic E-state index is 0.588. The van der Waals surface area contributed by atoms with Gasteiger partial charge in [0.15, 0.2) is 5.11 Å². The van der Waals surface area contributed by atoms with Gasteiger partial charge in [0.05, 0.1) is 5.70 Å². The van der Waals surface area contributed by atoms with Crippen LogP contribution in [0.4, 0.5) is 0 Å². The summed E-state index contributed by atoms with van der Waals surface area (Å²) in [5, 5.41) is 7.91. The van der Waals surface area contributed by atoms with Gasteiger partial charge in [-0.05, 0) is 48.4 Å². The Hall–Kier alpha value is -1.00. The van der Waals surface area contributed by atoms with Gasteiger partial charge in [-0.25, -0.2) is 5.32 Å². The summed E-state index contributed by atoms with van der Waals surface area (Å²) < 4.78 is 0. The number of thioether (sulfide) groups is 1. The highest BCUT2D eigenvalue weighted by Gasteiger charge is 2.23. The van der Waals surface area contributed by atoms with E-state index in [1.54, 1.807) is 0 Å². The Morgan fingerprint density at radius 1 is 1.41 bits per heavy atom. The lowest BCUT2D eigenvalue weighted by molar-refractivity contribution is 0.630. The zero-order chi connectivity index (χ0) is 11.7. The van der Waals surface area contributed by atoms with Crippen LogP contribution in [-0.2, 0) is 0 Å². The fraction of sp³-hybridized carbons (Fsp3) is 0.308. The van der Waals surface area contributed by atoms with Crippen molar-refractivity contribution in [2.24, 2.45) is 0 Å². The zero-order valence-electron chi connectivity index (χ0n) is 9.35. The van der Waals surface area contributed by atoms with Crippen molar-refractivity contribution in [2.75, 3.05) is 5.75 Å². The molecule has 1 unspecified atom stereocenters. The van der Waals surface area contributed by atoms with Crippen LogP contribution in [0, 0.1) is 0 Å². The van der Waals surface area contributed by atoms with Gasteiger partial charge in [-0.3, -0.25) is 0 Å². The fourth-order valence-corrected chi connectivity index (χ4v) is 3.70. The third kappa shape index (κ3) is 2.33. The number of nitrogens with one attached hydrogen (secondary N) is 1. The van der Waals surface area contributed by atoms with Crippen molar-refractivity contribution in [1.82, 2.24) is 10.6 Å². The maximum Gasteiger partial charge on any atom is 0.197 e. The second-order valence-electron chi connectivity index (χ2n) is 4.27. The summed E-state index contributed by atoms with van der Waals surface area (Å²) in [5.41, 5.74) is 2.55. The summed E-state index contributed by atoms with van der Waals surface area (Å²) in [6.45, 7) is 0. The van der Waals surface area contributed by atoms with E-state index < -0.39 is 0 Å². The molecule has 0 bridgehead atoms. The number of thiocarbonyl (C=S) groups is 1. The van der Waals surface area contributed by atoms with E-state index in [4.69, 9.17) is 12.2 Å². The van der Waals surface area contributed by atoms with Gasteiger partial charge in [0.2, 0.25) is 0 Å². The van der Waals surface area contributed by atoms with Crippen molar-refractivity contribution < 1.29 is 0 Å². The van der Waals surface area contributed by atoms with Crippen molar-refractivity contribution >= 4 is 29.1 Å². The molecule has 1 aromatic carbocycles. The van der Waals surface area contributed by atoms with Crippen molar-refractivity contribution in [3.8, 4) is 0 Å². The molecule has 0 spiro atoms. The highest BCUT2D eigenvalue weighted by Crippen LogP contribution is 2.40. The van der Waals surface area contributed by atoms with E-state index in [0.717, 1.165) is 12.1 Å². The number of benzene rings is 1. The standard InChI is InChI=1S/C13H13N2S2/c16-13-14-8-10(15-13)7-9-5-6-17-12-4-2-1-3-11(9)12/h1-4,8-9H,5-7H2,(H,14,16). The molecule has 1 aromatic rings. The molecule has 0 fully saturated rings. The number of rotatable bonds is 2. The molecule has 1 N–H and O–H groups in total. The third-order valence-electron chi connectivity index (χ3n) is 3.15. The third-order valence-corrected chi connectivity index (χ3v) is 4.48. The molecule has 2 aliphatic rings. The highest BCUT2D eigenvalue weighted by atomic mass is 32.2. The molecular formula is C13H13N2S2. The first-order valence-corrected chi connectivity index (χ1v) is 7.15. The average molecular weight is 261 g/mol. The van der Waals surface area contributed by atoms with Crippen molar-refractivity contribution in [3.05, 3.63) is 41.7 Å². The molecule has 2 heterocycles. The van der Waals surface area contributed by atoms with Gasteiger partial charge in [-0.1, -0.05) is 18.2 Å². The van der Waals surface area contributed by atoms with Crippen LogP contribution < -0.4 is 10.6 Å². The monoisotopic (exact) mass is 261 g/mol. The van der Waals surface area contributed by atoms with Crippen LogP contribution in [0.25, 0.3) is 0 Å². The molecule has 2 aliphatic heterocycles. The summed E-state index contributed by atoms with van der Waals surface area (Å²) in [5.74, 6) is 1.79. The van der Waals surface area contributed by atoms with Gasteiger partial charge in [0.25, 0.3) is 0 Å². The normalized spacial score (nSPS) is 22.5. The molecule has 0 saturated carbocycles. The summed E-state index contributed by atoms with van der Waals surface area (Å²) in [7, 11) is 0. The number of nitrogens with zero attached hydrogens (tertiary/aromatic N) is 1. The lowest BCUT2D eigenvalue weighted by atomic mass is 9.91. The Morgan fingerprint density at radius 3 is 3.12 bits per heavy atom. The zero-order valence-corrected chi connectivity index (χ0v) is 11.0. The number of allylic oxidation sites excluding steroid dienone is 1. The first kappa shape index (κ1) is 11.1. The minimum absolute atomic E-state index is 0.588. The molecule has 4 heteroatoms. The molecule has 1 atom stereocenters. The van der Waals surface area contributed by atoms with Crippen LogP contribution in [0.3, 0.4) is 0 Å². The fourth-order valence-electron chi connectivity index (χ4n) is 2.32. The maximum absolute atomic E-state index is 5.01. The molecule has 2 nitrogen and oxygen atoms in total. The minimum Gasteiger partial charge on any atom is -0.336 e. The maximum atomic E-state index is 5.01. The van der Waals surface area contributed by atoms with Gasteiger partial charge < -0.3 is 5.32 Å². The van der Waals surface area contributed by atoms with E-state index in [1.165, 1.54) is 22.6 Å². The lowest BCUT2D eigenvalue weighted by Gasteiger charge is -2.24. The highest BCUT2D eigenvalue weighted by molar-refractivity contribution is 7.99. The Bertz CT molecular complexity index is 482. The molecule has 0 aliphatic carbocycles. The SMILES string of the molecule is S=C1[N]C(CC2CCSc3ccccc32)=CN1. The van der Waals surface area contributed by atoms with Gasteiger partial charge in [0, 0.05) is 11.1 Å². The summed E-state index contributed by atoms with van der Waals surface area (Å²) in [6.07, 6.45) is 4.15. The molecule has 17 heavy (non-hydrogen) atoms. The van der Waals surface area contributed by atoms with E-state index in [9.17, 15) is 0 Å². The van der Waals surface area contributed by atoms with E-state index >= 15 is 0 Å². The molecular weight excluding hydrogens is 248 g/mol. The largest absolute Gasteiger partial charge is 0.336 e. The van der Waals surface area contributed by atoms with E-state index in [2.05, 4.69) is 34.9 Å². The van der Waals surface area contributed by atoms with Crippen LogP contribution >= 0.6 is 24.0 Å². The first-order valence-electron chi connectivity index (χ1n) is 5.76. The Labute approximate surface area is 111 Å². The summed E-state index contributed by atoms with van der Waals surface area (Å²) >= 11 is 6.97. The van der Waals surface area contributed by atoms with Gasteiger partial charge in [-0.2, -0.15) is 0 Å². The molecule has 3 rings (SSSR count). The average Bonchev–Trinajstić information content (AvgIpc) is 2.75. The molecule has 0 aromatic heterocycles. The molecule has 87 valence electrons. The van der Waals surface area contributed by atoms with Crippen LogP contribution in [0.15, 0.2) is 41.1 Å². The number of fused-ring (bicyclic) bond motifs is 1. The number of hydrogen-bond acceptors (Lipinski definition) is 2. The second kappa shape index (κ2) is 4.70. The Balaban J connectivity index is 1.79. The molecule has 0 saturated heterocycles. The first-order chi connectivity index (χ1) is 8.33. The van der Waals surface area contributed by atoms with Gasteiger partial charge >= 0.3 is 0 Å². The predicted molar refractivity (Wildman–Crippen MR) is 75.1 cm³/mol. The van der Waals surface area contributed by atoms with Crippen LogP contribution in [0.2, 0.25) is 0 Å². The topological polar surface area (TPSA) is 26.1 Å². The summed E-state index contributed by atoms with van der Waals surface area (Å²) in [4.78, 5) is 1.43. The van der Waals surface area contributed by atoms with Crippen molar-refractivity contribution in [1.29, 1.82) is 0 Å². The second-order valence-corrected chi connectivity index (χ2v) is 5.80. The van der Waals surface area contributed by atoms with E-state index in [0.29, 0.717) is 11.0 Å². The van der Waals surface area contributed by atoms with Crippen LogP contribution in [0.1, 0.15) is 24.3 Å². The lowest BCUT2D eigenvalue weighted by Crippen LogP contribution is -2.17. The van der Waals surface area contributed by atoms with Gasteiger partial charge in [0.1, 0.15) is 0 Å². The van der Waals surface area contributed by atoms with Gasteiger partial charge in [-0.15, -0.1) is 11.8 Å². The van der Waals surface area contributed by atoms with Crippen molar-refractivity contribution in [3.63, 3.8) is 0 Å².